The maximum absolute atomic E-state index is 13.6. The molecule has 2 atom stereocenters. The molecule has 0 amide bonds. The van der Waals surface area contributed by atoms with Gasteiger partial charge in [-0.25, -0.2) is 8.78 Å². The highest BCUT2D eigenvalue weighted by Gasteiger charge is 2.31. The molecule has 2 unspecified atom stereocenters. The third-order valence-electron chi connectivity index (χ3n) is 7.06. The summed E-state index contributed by atoms with van der Waals surface area (Å²) in [5.41, 5.74) is 4.22. The average molecular weight is 465 g/mol. The minimum Gasteiger partial charge on any atom is -0.296 e. The smallest absolute Gasteiger partial charge is 0.166 e. The summed E-state index contributed by atoms with van der Waals surface area (Å²) in [6, 6.07) is 12.9. The van der Waals surface area contributed by atoms with Crippen LogP contribution in [-0.4, -0.2) is 53.8 Å². The lowest BCUT2D eigenvalue weighted by atomic mass is 9.95. The number of carbonyl (C=O) groups is 1. The van der Waals surface area contributed by atoms with Gasteiger partial charge in [-0.3, -0.25) is 14.6 Å². The van der Waals surface area contributed by atoms with Crippen molar-refractivity contribution in [3.05, 3.63) is 82.4 Å². The van der Waals surface area contributed by atoms with E-state index in [4.69, 9.17) is 0 Å². The van der Waals surface area contributed by atoms with E-state index in [1.54, 1.807) is 24.3 Å². The van der Waals surface area contributed by atoms with Crippen molar-refractivity contribution < 1.29 is 13.6 Å². The quantitative estimate of drug-likeness (QED) is 0.526. The summed E-state index contributed by atoms with van der Waals surface area (Å²) in [7, 11) is 0. The summed E-state index contributed by atoms with van der Waals surface area (Å²) >= 11 is 0. The summed E-state index contributed by atoms with van der Waals surface area (Å²) in [6.07, 6.45) is 8.07. The van der Waals surface area contributed by atoms with Gasteiger partial charge in [-0.05, 0) is 88.0 Å². The minimum absolute atomic E-state index is 0.177. The fourth-order valence-corrected chi connectivity index (χ4v) is 5.13. The number of Topliss-reactive ketones (excluding diaryl/α,β-unsaturated/α-hetero) is 1. The first-order valence-corrected chi connectivity index (χ1v) is 12.3. The van der Waals surface area contributed by atoms with Crippen molar-refractivity contribution >= 4 is 17.9 Å². The molecular weight excluding hydrogens is 430 g/mol. The van der Waals surface area contributed by atoms with Gasteiger partial charge in [-0.15, -0.1) is 0 Å². The molecular formula is C29H34F2N2O. The SMILES string of the molecule is CC(C(=O)C(C)N1CCCC(=Cc2cccc(F)c2)C1)N1CCCC(=Cc2cccc(F)c2)C1. The van der Waals surface area contributed by atoms with Crippen LogP contribution in [0.3, 0.4) is 0 Å². The Kier molecular flexibility index (Phi) is 8.07. The van der Waals surface area contributed by atoms with Gasteiger partial charge in [0.1, 0.15) is 11.6 Å². The first-order chi connectivity index (χ1) is 16.4. The van der Waals surface area contributed by atoms with Gasteiger partial charge in [0.05, 0.1) is 12.1 Å². The van der Waals surface area contributed by atoms with Gasteiger partial charge in [0.15, 0.2) is 5.78 Å². The number of benzene rings is 2. The van der Waals surface area contributed by atoms with Crippen molar-refractivity contribution in [3.8, 4) is 0 Å². The number of hydrogen-bond acceptors (Lipinski definition) is 3. The molecule has 0 aromatic heterocycles. The van der Waals surface area contributed by atoms with Crippen molar-refractivity contribution in [1.82, 2.24) is 9.80 Å². The van der Waals surface area contributed by atoms with E-state index >= 15 is 0 Å². The van der Waals surface area contributed by atoms with Crippen LogP contribution < -0.4 is 0 Å². The second kappa shape index (κ2) is 11.2. The van der Waals surface area contributed by atoms with E-state index < -0.39 is 0 Å². The Hall–Kier alpha value is -2.63. The molecule has 2 fully saturated rings. The summed E-state index contributed by atoms with van der Waals surface area (Å²) in [5, 5.41) is 0. The number of nitrogens with zero attached hydrogens (tertiary/aromatic N) is 2. The number of piperidine rings is 2. The average Bonchev–Trinajstić information content (AvgIpc) is 2.83. The molecule has 5 heteroatoms. The minimum atomic E-state index is -0.230. The standard InChI is InChI=1S/C29H34F2N2O/c1-21(32-13-5-9-25(19-32)15-23-7-3-11-27(30)17-23)29(34)22(2)33-14-6-10-26(20-33)16-24-8-4-12-28(31)18-24/h3-4,7-8,11-12,15-18,21-22H,5-6,9-10,13-14,19-20H2,1-2H3. The van der Waals surface area contributed by atoms with Crippen molar-refractivity contribution in [1.29, 1.82) is 0 Å². The highest BCUT2D eigenvalue weighted by molar-refractivity contribution is 5.88. The molecule has 4 rings (SSSR count). The summed E-state index contributed by atoms with van der Waals surface area (Å²) < 4.78 is 27.1. The van der Waals surface area contributed by atoms with E-state index in [0.29, 0.717) is 0 Å². The zero-order chi connectivity index (χ0) is 24.1. The molecule has 0 radical (unpaired) electrons. The van der Waals surface area contributed by atoms with Gasteiger partial charge in [-0.1, -0.05) is 47.6 Å². The Morgan fingerprint density at radius 1 is 0.794 bits per heavy atom. The van der Waals surface area contributed by atoms with Gasteiger partial charge in [-0.2, -0.15) is 0 Å². The van der Waals surface area contributed by atoms with E-state index in [9.17, 15) is 13.6 Å². The first kappa shape index (κ1) is 24.5. The van der Waals surface area contributed by atoms with E-state index in [1.807, 2.05) is 26.0 Å². The van der Waals surface area contributed by atoms with Crippen LogP contribution in [0.1, 0.15) is 50.7 Å². The van der Waals surface area contributed by atoms with E-state index in [2.05, 4.69) is 22.0 Å². The molecule has 2 aliphatic rings. The zero-order valence-electron chi connectivity index (χ0n) is 20.1. The Bertz CT molecular complexity index is 994. The second-order valence-electron chi connectivity index (χ2n) is 9.62. The van der Waals surface area contributed by atoms with Crippen molar-refractivity contribution in [2.75, 3.05) is 26.2 Å². The molecule has 0 aliphatic carbocycles. The summed E-state index contributed by atoms with van der Waals surface area (Å²) in [5.74, 6) is -0.225. The monoisotopic (exact) mass is 464 g/mol. The maximum Gasteiger partial charge on any atom is 0.166 e. The molecule has 2 saturated heterocycles. The first-order valence-electron chi connectivity index (χ1n) is 12.3. The number of likely N-dealkylation sites (tertiary alicyclic amines) is 2. The summed E-state index contributed by atoms with van der Waals surface area (Å²) in [4.78, 5) is 17.9. The van der Waals surface area contributed by atoms with Crippen LogP contribution in [-0.2, 0) is 4.79 Å². The van der Waals surface area contributed by atoms with Crippen LogP contribution in [0.5, 0.6) is 0 Å². The third-order valence-corrected chi connectivity index (χ3v) is 7.06. The summed E-state index contributed by atoms with van der Waals surface area (Å²) in [6.45, 7) is 7.28. The molecule has 0 saturated carbocycles. The molecule has 0 spiro atoms. The zero-order valence-corrected chi connectivity index (χ0v) is 20.1. The van der Waals surface area contributed by atoms with Gasteiger partial charge >= 0.3 is 0 Å². The number of hydrogen-bond donors (Lipinski definition) is 0. The Morgan fingerprint density at radius 3 is 1.65 bits per heavy atom. The van der Waals surface area contributed by atoms with Crippen LogP contribution in [0, 0.1) is 11.6 Å². The van der Waals surface area contributed by atoms with E-state index in [-0.39, 0.29) is 29.5 Å². The molecule has 0 bridgehead atoms. The topological polar surface area (TPSA) is 23.6 Å². The maximum atomic E-state index is 13.6. The number of carbonyl (C=O) groups excluding carboxylic acids is 1. The van der Waals surface area contributed by atoms with Crippen LogP contribution in [0.4, 0.5) is 8.78 Å². The van der Waals surface area contributed by atoms with Gasteiger partial charge in [0.25, 0.3) is 0 Å². The van der Waals surface area contributed by atoms with Gasteiger partial charge < -0.3 is 0 Å². The second-order valence-corrected chi connectivity index (χ2v) is 9.62. The van der Waals surface area contributed by atoms with Gasteiger partial charge in [0.2, 0.25) is 0 Å². The predicted octanol–water partition coefficient (Wildman–Crippen LogP) is 5.97. The molecule has 2 heterocycles. The molecule has 0 N–H and O–H groups in total. The van der Waals surface area contributed by atoms with E-state index in [0.717, 1.165) is 63.0 Å². The number of ketones is 1. The highest BCUT2D eigenvalue weighted by atomic mass is 19.1. The highest BCUT2D eigenvalue weighted by Crippen LogP contribution is 2.24. The molecule has 180 valence electrons. The largest absolute Gasteiger partial charge is 0.296 e. The molecule has 2 aromatic carbocycles. The molecule has 2 aliphatic heterocycles. The Labute approximate surface area is 201 Å². The predicted molar refractivity (Wildman–Crippen MR) is 134 cm³/mol. The van der Waals surface area contributed by atoms with Crippen LogP contribution >= 0.6 is 0 Å². The van der Waals surface area contributed by atoms with Crippen LogP contribution in [0.15, 0.2) is 59.7 Å². The Morgan fingerprint density at radius 2 is 1.24 bits per heavy atom. The lowest BCUT2D eigenvalue weighted by Gasteiger charge is -2.38. The van der Waals surface area contributed by atoms with E-state index in [1.165, 1.54) is 23.3 Å². The van der Waals surface area contributed by atoms with Crippen LogP contribution in [0.2, 0.25) is 0 Å². The molecule has 2 aromatic rings. The fourth-order valence-electron chi connectivity index (χ4n) is 5.13. The normalized spacial score (nSPS) is 22.1. The third kappa shape index (κ3) is 6.28. The lowest BCUT2D eigenvalue weighted by Crippen LogP contribution is -2.51. The van der Waals surface area contributed by atoms with Crippen LogP contribution in [0.25, 0.3) is 12.2 Å². The number of halogens is 2. The van der Waals surface area contributed by atoms with Crippen molar-refractivity contribution in [2.45, 2.75) is 51.6 Å². The fraction of sp³-hybridized carbons (Fsp3) is 0.414. The molecule has 3 nitrogen and oxygen atoms in total. The Balaban J connectivity index is 1.39. The van der Waals surface area contributed by atoms with Gasteiger partial charge in [0, 0.05) is 13.1 Å². The van der Waals surface area contributed by atoms with Crippen molar-refractivity contribution in [2.24, 2.45) is 0 Å². The molecule has 34 heavy (non-hydrogen) atoms. The lowest BCUT2D eigenvalue weighted by molar-refractivity contribution is -0.128. The number of rotatable bonds is 6. The van der Waals surface area contributed by atoms with Crippen molar-refractivity contribution in [3.63, 3.8) is 0 Å².